The summed E-state index contributed by atoms with van der Waals surface area (Å²) < 4.78 is 0. The van der Waals surface area contributed by atoms with Gasteiger partial charge in [0, 0.05) is 17.5 Å². The number of hydrogen-bond acceptors (Lipinski definition) is 3. The Hall–Kier alpha value is -1.39. The molecule has 2 rings (SSSR count). The van der Waals surface area contributed by atoms with E-state index in [1.165, 1.54) is 0 Å². The lowest BCUT2D eigenvalue weighted by Gasteiger charge is -2.35. The topological polar surface area (TPSA) is 52.1 Å². The fourth-order valence-electron chi connectivity index (χ4n) is 2.88. The predicted molar refractivity (Wildman–Crippen MR) is 87.4 cm³/mol. The minimum Gasteiger partial charge on any atom is -0.388 e. The summed E-state index contributed by atoms with van der Waals surface area (Å²) in [5.41, 5.74) is 3.28. The van der Waals surface area contributed by atoms with Gasteiger partial charge in [-0.2, -0.15) is 5.10 Å². The first-order valence-corrected chi connectivity index (χ1v) is 7.69. The third kappa shape index (κ3) is 3.63. The van der Waals surface area contributed by atoms with Crippen LogP contribution in [-0.2, 0) is 0 Å². The first-order chi connectivity index (χ1) is 9.82. The first-order valence-electron chi connectivity index (χ1n) is 7.69. The molecular weight excluding hydrogens is 262 g/mol. The molecule has 116 valence electrons. The maximum absolute atomic E-state index is 10.6. The number of rotatable bonds is 5. The van der Waals surface area contributed by atoms with Gasteiger partial charge in [-0.05, 0) is 63.9 Å². The van der Waals surface area contributed by atoms with E-state index in [0.717, 1.165) is 41.5 Å². The van der Waals surface area contributed by atoms with E-state index >= 15 is 0 Å². The van der Waals surface area contributed by atoms with Crippen molar-refractivity contribution in [3.05, 3.63) is 29.5 Å². The van der Waals surface area contributed by atoms with E-state index in [9.17, 15) is 5.11 Å². The molecule has 0 aliphatic heterocycles. The SMILES string of the molecule is CCN(CCC(O)c1cc2cn[nH]c2cc1C)C(C)(C)C. The smallest absolute Gasteiger partial charge is 0.0805 e. The molecule has 4 nitrogen and oxygen atoms in total. The Bertz CT molecular complexity index is 598. The predicted octanol–water partition coefficient (Wildman–Crippen LogP) is 3.42. The highest BCUT2D eigenvalue weighted by molar-refractivity contribution is 5.79. The van der Waals surface area contributed by atoms with E-state index < -0.39 is 6.10 Å². The van der Waals surface area contributed by atoms with Crippen LogP contribution in [0.1, 0.15) is 51.3 Å². The van der Waals surface area contributed by atoms with Crippen LogP contribution in [-0.4, -0.2) is 38.8 Å². The van der Waals surface area contributed by atoms with Gasteiger partial charge in [-0.15, -0.1) is 0 Å². The largest absolute Gasteiger partial charge is 0.388 e. The molecule has 4 heteroatoms. The second-order valence-corrected chi connectivity index (χ2v) is 6.72. The van der Waals surface area contributed by atoms with Crippen molar-refractivity contribution in [3.8, 4) is 0 Å². The molecule has 0 bridgehead atoms. The van der Waals surface area contributed by atoms with Crippen molar-refractivity contribution in [3.63, 3.8) is 0 Å². The van der Waals surface area contributed by atoms with Gasteiger partial charge in [0.15, 0.2) is 0 Å². The third-order valence-electron chi connectivity index (χ3n) is 4.19. The summed E-state index contributed by atoms with van der Waals surface area (Å²) in [6.45, 7) is 12.7. The molecule has 1 unspecified atom stereocenters. The summed E-state index contributed by atoms with van der Waals surface area (Å²) in [7, 11) is 0. The number of nitrogens with zero attached hydrogens (tertiary/aromatic N) is 2. The highest BCUT2D eigenvalue weighted by Gasteiger charge is 2.21. The number of benzene rings is 1. The summed E-state index contributed by atoms with van der Waals surface area (Å²) in [5.74, 6) is 0. The number of H-pyrrole nitrogens is 1. The number of aliphatic hydroxyl groups is 1. The van der Waals surface area contributed by atoms with E-state index in [2.05, 4.69) is 48.9 Å². The van der Waals surface area contributed by atoms with Crippen molar-refractivity contribution in [1.82, 2.24) is 15.1 Å². The number of aromatic amines is 1. The summed E-state index contributed by atoms with van der Waals surface area (Å²) in [4.78, 5) is 2.39. The van der Waals surface area contributed by atoms with Crippen LogP contribution in [0.3, 0.4) is 0 Å². The molecule has 0 saturated carbocycles. The highest BCUT2D eigenvalue weighted by Crippen LogP contribution is 2.26. The second kappa shape index (κ2) is 6.16. The van der Waals surface area contributed by atoms with E-state index in [-0.39, 0.29) is 5.54 Å². The van der Waals surface area contributed by atoms with Gasteiger partial charge in [-0.25, -0.2) is 0 Å². The number of nitrogens with one attached hydrogen (secondary N) is 1. The normalized spacial score (nSPS) is 14.0. The molecule has 0 spiro atoms. The van der Waals surface area contributed by atoms with Crippen LogP contribution in [0, 0.1) is 6.92 Å². The third-order valence-corrected chi connectivity index (χ3v) is 4.19. The molecule has 1 aromatic heterocycles. The molecule has 2 N–H and O–H groups in total. The summed E-state index contributed by atoms with van der Waals surface area (Å²) >= 11 is 0. The van der Waals surface area contributed by atoms with Gasteiger partial charge in [0.05, 0.1) is 17.8 Å². The number of aryl methyl sites for hydroxylation is 1. The molecule has 0 radical (unpaired) electrons. The Kier molecular flexibility index (Phi) is 4.69. The van der Waals surface area contributed by atoms with Crippen molar-refractivity contribution < 1.29 is 5.11 Å². The summed E-state index contributed by atoms with van der Waals surface area (Å²) in [6.07, 6.45) is 2.12. The Morgan fingerprint density at radius 3 is 2.67 bits per heavy atom. The first kappa shape index (κ1) is 16.0. The minimum atomic E-state index is -0.430. The van der Waals surface area contributed by atoms with Crippen LogP contribution >= 0.6 is 0 Å². The van der Waals surface area contributed by atoms with Gasteiger partial charge >= 0.3 is 0 Å². The van der Waals surface area contributed by atoms with E-state index in [1.54, 1.807) is 6.20 Å². The van der Waals surface area contributed by atoms with Crippen molar-refractivity contribution in [2.24, 2.45) is 0 Å². The van der Waals surface area contributed by atoms with E-state index in [0.29, 0.717) is 0 Å². The average molecular weight is 289 g/mol. The Balaban J connectivity index is 2.11. The zero-order valence-corrected chi connectivity index (χ0v) is 13.8. The van der Waals surface area contributed by atoms with E-state index in [4.69, 9.17) is 0 Å². The Morgan fingerprint density at radius 2 is 2.05 bits per heavy atom. The average Bonchev–Trinajstić information content (AvgIpc) is 2.83. The molecule has 1 atom stereocenters. The van der Waals surface area contributed by atoms with Gasteiger partial charge in [0.25, 0.3) is 0 Å². The molecule has 0 saturated heterocycles. The molecule has 0 aliphatic rings. The van der Waals surface area contributed by atoms with Gasteiger partial charge in [0.1, 0.15) is 0 Å². The lowest BCUT2D eigenvalue weighted by Crippen LogP contribution is -2.42. The zero-order valence-electron chi connectivity index (χ0n) is 13.8. The number of aliphatic hydroxyl groups excluding tert-OH is 1. The lowest BCUT2D eigenvalue weighted by atomic mass is 9.98. The maximum Gasteiger partial charge on any atom is 0.0805 e. The number of aromatic nitrogens is 2. The molecule has 0 amide bonds. The maximum atomic E-state index is 10.6. The Labute approximate surface area is 127 Å². The quantitative estimate of drug-likeness (QED) is 0.887. The second-order valence-electron chi connectivity index (χ2n) is 6.72. The zero-order chi connectivity index (χ0) is 15.6. The molecule has 1 aromatic carbocycles. The highest BCUT2D eigenvalue weighted by atomic mass is 16.3. The van der Waals surface area contributed by atoms with E-state index in [1.807, 2.05) is 13.0 Å². The van der Waals surface area contributed by atoms with Gasteiger partial charge in [-0.3, -0.25) is 10.00 Å². The molecule has 1 heterocycles. The van der Waals surface area contributed by atoms with Gasteiger partial charge in [-0.1, -0.05) is 6.92 Å². The van der Waals surface area contributed by atoms with Crippen LogP contribution in [0.2, 0.25) is 0 Å². The fraction of sp³-hybridized carbons (Fsp3) is 0.588. The van der Waals surface area contributed by atoms with Crippen LogP contribution in [0.4, 0.5) is 0 Å². The molecule has 21 heavy (non-hydrogen) atoms. The molecular formula is C17H27N3O. The van der Waals surface area contributed by atoms with Crippen LogP contribution < -0.4 is 0 Å². The molecule has 0 fully saturated rings. The summed E-state index contributed by atoms with van der Waals surface area (Å²) in [5, 5.41) is 18.6. The van der Waals surface area contributed by atoms with Crippen LogP contribution in [0.25, 0.3) is 10.9 Å². The minimum absolute atomic E-state index is 0.137. The van der Waals surface area contributed by atoms with Crippen LogP contribution in [0.5, 0.6) is 0 Å². The standard InChI is InChI=1S/C17H27N3O/c1-6-20(17(3,4)5)8-7-16(21)14-10-13-11-18-19-15(13)9-12(14)2/h9-11,16,21H,6-8H2,1-5H3,(H,18,19). The number of hydrogen-bond donors (Lipinski definition) is 2. The van der Waals surface area contributed by atoms with Crippen molar-refractivity contribution >= 4 is 10.9 Å². The monoisotopic (exact) mass is 289 g/mol. The number of fused-ring (bicyclic) bond motifs is 1. The molecule has 2 aromatic rings. The van der Waals surface area contributed by atoms with Crippen molar-refractivity contribution in [2.45, 2.75) is 52.7 Å². The molecule has 0 aliphatic carbocycles. The fourth-order valence-corrected chi connectivity index (χ4v) is 2.88. The van der Waals surface area contributed by atoms with Crippen LogP contribution in [0.15, 0.2) is 18.3 Å². The van der Waals surface area contributed by atoms with Crippen molar-refractivity contribution in [1.29, 1.82) is 0 Å². The van der Waals surface area contributed by atoms with Gasteiger partial charge < -0.3 is 5.11 Å². The lowest BCUT2D eigenvalue weighted by molar-refractivity contribution is 0.0995. The van der Waals surface area contributed by atoms with Crippen molar-refractivity contribution in [2.75, 3.05) is 13.1 Å². The Morgan fingerprint density at radius 1 is 1.33 bits per heavy atom. The van der Waals surface area contributed by atoms with Gasteiger partial charge in [0.2, 0.25) is 0 Å². The summed E-state index contributed by atoms with van der Waals surface area (Å²) in [6, 6.07) is 4.11.